The molecule has 6 heteroatoms. The van der Waals surface area contributed by atoms with Gasteiger partial charge in [-0.15, -0.1) is 0 Å². The molecule has 1 heterocycles. The molecule has 0 aliphatic carbocycles. The summed E-state index contributed by atoms with van der Waals surface area (Å²) >= 11 is 5.97. The van der Waals surface area contributed by atoms with Crippen LogP contribution in [0.15, 0.2) is 84.4 Å². The number of Topliss-reactive ketones (excluding diaryl/α,β-unsaturated/α-hetero) is 1. The second kappa shape index (κ2) is 9.28. The number of amides is 1. The van der Waals surface area contributed by atoms with Crippen LogP contribution in [-0.4, -0.2) is 28.3 Å². The fourth-order valence-corrected chi connectivity index (χ4v) is 3.97. The standard InChI is InChI=1S/C26H22ClNO4/c1-2-32-21-14-10-18(11-15-21)23-22(24(29)19-8-12-20(27)13-9-19)25(30)26(31)28(23)16-17-6-4-3-5-7-17/h3-15,23,29H,2,16H2,1H3/b24-22+. The molecule has 1 aliphatic heterocycles. The van der Waals surface area contributed by atoms with Gasteiger partial charge in [-0.2, -0.15) is 0 Å². The summed E-state index contributed by atoms with van der Waals surface area (Å²) in [6, 6.07) is 22.4. The number of benzene rings is 3. The monoisotopic (exact) mass is 447 g/mol. The van der Waals surface area contributed by atoms with Crippen LogP contribution in [0.4, 0.5) is 0 Å². The van der Waals surface area contributed by atoms with Crippen LogP contribution in [0.2, 0.25) is 5.02 Å². The number of carbonyl (C=O) groups excluding carboxylic acids is 2. The number of hydrogen-bond acceptors (Lipinski definition) is 4. The molecule has 1 fully saturated rings. The van der Waals surface area contributed by atoms with Gasteiger partial charge in [0.25, 0.3) is 11.7 Å². The smallest absolute Gasteiger partial charge is 0.295 e. The molecule has 0 bridgehead atoms. The summed E-state index contributed by atoms with van der Waals surface area (Å²) in [6.07, 6.45) is 0. The average Bonchev–Trinajstić information content (AvgIpc) is 3.05. The minimum Gasteiger partial charge on any atom is -0.507 e. The number of aliphatic hydroxyl groups excluding tert-OH is 1. The van der Waals surface area contributed by atoms with E-state index < -0.39 is 17.7 Å². The molecule has 0 spiro atoms. The van der Waals surface area contributed by atoms with Gasteiger partial charge >= 0.3 is 0 Å². The quantitative estimate of drug-likeness (QED) is 0.314. The van der Waals surface area contributed by atoms with Gasteiger partial charge in [-0.05, 0) is 54.4 Å². The fourth-order valence-electron chi connectivity index (χ4n) is 3.85. The van der Waals surface area contributed by atoms with Crippen molar-refractivity contribution in [3.63, 3.8) is 0 Å². The molecule has 1 N–H and O–H groups in total. The predicted octanol–water partition coefficient (Wildman–Crippen LogP) is 5.36. The minimum atomic E-state index is -0.735. The number of ketones is 1. The van der Waals surface area contributed by atoms with Crippen LogP contribution >= 0.6 is 11.6 Å². The largest absolute Gasteiger partial charge is 0.507 e. The Morgan fingerprint density at radius 2 is 1.62 bits per heavy atom. The molecule has 1 saturated heterocycles. The van der Waals surface area contributed by atoms with E-state index in [1.807, 2.05) is 49.4 Å². The highest BCUT2D eigenvalue weighted by Gasteiger charge is 2.46. The van der Waals surface area contributed by atoms with Crippen LogP contribution in [0.5, 0.6) is 5.75 Å². The maximum atomic E-state index is 13.1. The number of nitrogens with zero attached hydrogens (tertiary/aromatic N) is 1. The van der Waals surface area contributed by atoms with Crippen molar-refractivity contribution < 1.29 is 19.4 Å². The van der Waals surface area contributed by atoms with E-state index >= 15 is 0 Å². The number of carbonyl (C=O) groups is 2. The second-order valence-corrected chi connectivity index (χ2v) is 7.86. The van der Waals surface area contributed by atoms with Crippen molar-refractivity contribution in [3.8, 4) is 5.75 Å². The molecule has 3 aromatic rings. The Hall–Kier alpha value is -3.57. The lowest BCUT2D eigenvalue weighted by Gasteiger charge is -2.25. The van der Waals surface area contributed by atoms with E-state index in [0.29, 0.717) is 28.5 Å². The molecule has 162 valence electrons. The van der Waals surface area contributed by atoms with Crippen LogP contribution in [-0.2, 0) is 16.1 Å². The Kier molecular flexibility index (Phi) is 6.28. The maximum Gasteiger partial charge on any atom is 0.295 e. The highest BCUT2D eigenvalue weighted by atomic mass is 35.5. The second-order valence-electron chi connectivity index (χ2n) is 7.42. The van der Waals surface area contributed by atoms with Gasteiger partial charge in [-0.3, -0.25) is 9.59 Å². The third-order valence-corrected chi connectivity index (χ3v) is 5.61. The third kappa shape index (κ3) is 4.25. The molecule has 0 radical (unpaired) electrons. The number of halogens is 1. The van der Waals surface area contributed by atoms with Crippen molar-refractivity contribution in [3.05, 3.63) is 106 Å². The first-order valence-corrected chi connectivity index (χ1v) is 10.7. The van der Waals surface area contributed by atoms with E-state index in [0.717, 1.165) is 5.56 Å². The summed E-state index contributed by atoms with van der Waals surface area (Å²) in [5, 5.41) is 11.6. The first-order valence-electron chi connectivity index (χ1n) is 10.3. The van der Waals surface area contributed by atoms with Crippen LogP contribution in [0.1, 0.15) is 29.7 Å². The lowest BCUT2D eigenvalue weighted by molar-refractivity contribution is -0.140. The molecular formula is C26H22ClNO4. The lowest BCUT2D eigenvalue weighted by Crippen LogP contribution is -2.29. The predicted molar refractivity (Wildman–Crippen MR) is 123 cm³/mol. The molecule has 1 amide bonds. The van der Waals surface area contributed by atoms with E-state index in [-0.39, 0.29) is 17.9 Å². The maximum absolute atomic E-state index is 13.1. The first-order chi connectivity index (χ1) is 15.5. The highest BCUT2D eigenvalue weighted by Crippen LogP contribution is 2.40. The van der Waals surface area contributed by atoms with E-state index in [1.54, 1.807) is 36.4 Å². The van der Waals surface area contributed by atoms with Gasteiger partial charge in [0.2, 0.25) is 0 Å². The van der Waals surface area contributed by atoms with Crippen LogP contribution in [0.3, 0.4) is 0 Å². The zero-order valence-corrected chi connectivity index (χ0v) is 18.3. The number of hydrogen-bond donors (Lipinski definition) is 1. The van der Waals surface area contributed by atoms with Crippen molar-refractivity contribution in [2.45, 2.75) is 19.5 Å². The molecule has 0 saturated carbocycles. The number of ether oxygens (including phenoxy) is 1. The summed E-state index contributed by atoms with van der Waals surface area (Å²) in [6.45, 7) is 2.66. The molecular weight excluding hydrogens is 426 g/mol. The van der Waals surface area contributed by atoms with Crippen molar-refractivity contribution in [1.82, 2.24) is 4.90 Å². The van der Waals surface area contributed by atoms with Gasteiger partial charge < -0.3 is 14.7 Å². The first kappa shape index (κ1) is 21.7. The van der Waals surface area contributed by atoms with Crippen LogP contribution in [0.25, 0.3) is 5.76 Å². The number of likely N-dealkylation sites (tertiary alicyclic amines) is 1. The van der Waals surface area contributed by atoms with Gasteiger partial charge in [0, 0.05) is 17.1 Å². The Balaban J connectivity index is 1.83. The Morgan fingerprint density at radius 1 is 0.969 bits per heavy atom. The molecule has 5 nitrogen and oxygen atoms in total. The zero-order valence-electron chi connectivity index (χ0n) is 17.5. The number of rotatable bonds is 6. The van der Waals surface area contributed by atoms with E-state index in [1.165, 1.54) is 4.90 Å². The Bertz CT molecular complexity index is 1150. The van der Waals surface area contributed by atoms with Gasteiger partial charge in [-0.1, -0.05) is 54.1 Å². The van der Waals surface area contributed by atoms with Crippen LogP contribution < -0.4 is 4.74 Å². The minimum absolute atomic E-state index is 0.0532. The summed E-state index contributed by atoms with van der Waals surface area (Å²) in [5.74, 6) is -0.904. The topological polar surface area (TPSA) is 66.8 Å². The average molecular weight is 448 g/mol. The van der Waals surface area contributed by atoms with Crippen molar-refractivity contribution in [2.24, 2.45) is 0 Å². The van der Waals surface area contributed by atoms with Gasteiger partial charge in [0.05, 0.1) is 18.2 Å². The SMILES string of the molecule is CCOc1ccc(C2/C(=C(\O)c3ccc(Cl)cc3)C(=O)C(=O)N2Cc2ccccc2)cc1. The molecule has 1 aliphatic rings. The third-order valence-electron chi connectivity index (χ3n) is 5.36. The molecule has 4 rings (SSSR count). The Labute approximate surface area is 191 Å². The molecule has 1 unspecified atom stereocenters. The summed E-state index contributed by atoms with van der Waals surface area (Å²) in [7, 11) is 0. The van der Waals surface area contributed by atoms with E-state index in [2.05, 4.69) is 0 Å². The molecule has 3 aromatic carbocycles. The summed E-state index contributed by atoms with van der Waals surface area (Å²) < 4.78 is 5.52. The summed E-state index contributed by atoms with van der Waals surface area (Å²) in [4.78, 5) is 27.6. The van der Waals surface area contributed by atoms with Crippen molar-refractivity contribution >= 4 is 29.1 Å². The van der Waals surface area contributed by atoms with Gasteiger partial charge in [-0.25, -0.2) is 0 Å². The number of aliphatic hydroxyl groups is 1. The normalized spacial score (nSPS) is 17.6. The molecule has 1 atom stereocenters. The zero-order chi connectivity index (χ0) is 22.7. The Morgan fingerprint density at radius 3 is 2.25 bits per heavy atom. The van der Waals surface area contributed by atoms with Crippen molar-refractivity contribution in [1.29, 1.82) is 0 Å². The highest BCUT2D eigenvalue weighted by molar-refractivity contribution is 6.46. The fraction of sp³-hybridized carbons (Fsp3) is 0.154. The lowest BCUT2D eigenvalue weighted by atomic mass is 9.95. The van der Waals surface area contributed by atoms with Crippen LogP contribution in [0, 0.1) is 0 Å². The van der Waals surface area contributed by atoms with E-state index in [4.69, 9.17) is 16.3 Å². The van der Waals surface area contributed by atoms with E-state index in [9.17, 15) is 14.7 Å². The summed E-state index contributed by atoms with van der Waals surface area (Å²) in [5.41, 5.74) is 2.07. The molecule has 0 aromatic heterocycles. The van der Waals surface area contributed by atoms with Crippen molar-refractivity contribution in [2.75, 3.05) is 6.61 Å². The van der Waals surface area contributed by atoms with Gasteiger partial charge in [0.15, 0.2) is 0 Å². The van der Waals surface area contributed by atoms with Gasteiger partial charge in [0.1, 0.15) is 11.5 Å². The molecule has 32 heavy (non-hydrogen) atoms.